The summed E-state index contributed by atoms with van der Waals surface area (Å²) in [7, 11) is 0. The molecule has 0 radical (unpaired) electrons. The van der Waals surface area contributed by atoms with Gasteiger partial charge in [-0.2, -0.15) is 0 Å². The lowest BCUT2D eigenvalue weighted by Gasteiger charge is -2.21. The van der Waals surface area contributed by atoms with Crippen molar-refractivity contribution < 1.29 is 77.7 Å². The topological polar surface area (TPSA) is 269 Å². The summed E-state index contributed by atoms with van der Waals surface area (Å²) in [6.45, 7) is -1.13. The van der Waals surface area contributed by atoms with Crippen LogP contribution in [0.3, 0.4) is 0 Å². The minimum Gasteiger partial charge on any atom is -0.478 e. The first kappa shape index (κ1) is 29.0. The Morgan fingerprint density at radius 1 is 0.658 bits per heavy atom. The van der Waals surface area contributed by atoms with Crippen molar-refractivity contribution in [2.45, 2.75) is 25.4 Å². The minimum atomic E-state index is -2.84. The molecule has 0 amide bonds. The van der Waals surface area contributed by atoms with E-state index in [-0.39, 0.29) is 23.0 Å². The number of furan rings is 2. The number of aliphatic hydroxyl groups is 2. The van der Waals surface area contributed by atoms with Gasteiger partial charge in [-0.3, -0.25) is 0 Å². The maximum absolute atomic E-state index is 12.4. The van der Waals surface area contributed by atoms with Crippen LogP contribution in [-0.2, 0) is 51.5 Å². The van der Waals surface area contributed by atoms with Crippen LogP contribution in [0.5, 0.6) is 0 Å². The van der Waals surface area contributed by atoms with E-state index in [4.69, 9.17) is 19.0 Å². The first-order chi connectivity index (χ1) is 17.9. The predicted octanol–water partition coefficient (Wildman–Crippen LogP) is -0.514. The number of carboxylic acids is 4. The average Bonchev–Trinajstić information content (AvgIpc) is 3.51. The normalized spacial score (nSPS) is 13.3. The minimum absolute atomic E-state index is 0.0138. The maximum atomic E-state index is 12.4. The zero-order valence-corrected chi connectivity index (χ0v) is 18.8. The van der Waals surface area contributed by atoms with Gasteiger partial charge in [-0.05, 0) is 24.3 Å². The summed E-state index contributed by atoms with van der Waals surface area (Å²) in [6.07, 6.45) is -4.48. The molecule has 0 aliphatic carbocycles. The van der Waals surface area contributed by atoms with E-state index in [9.17, 15) is 49.2 Å². The monoisotopic (exact) mass is 538 g/mol. The zero-order valence-electron chi connectivity index (χ0n) is 18.8. The number of ether oxygens (including phenoxy) is 2. The molecule has 38 heavy (non-hydrogen) atoms. The van der Waals surface area contributed by atoms with Crippen molar-refractivity contribution in [1.82, 2.24) is 0 Å². The van der Waals surface area contributed by atoms with Crippen molar-refractivity contribution in [2.24, 2.45) is 0 Å². The molecule has 0 spiro atoms. The van der Waals surface area contributed by atoms with Crippen LogP contribution in [0.15, 0.2) is 44.2 Å². The highest BCUT2D eigenvalue weighted by molar-refractivity contribution is 6.18. The van der Waals surface area contributed by atoms with E-state index in [0.29, 0.717) is 12.2 Å². The molecule has 2 heterocycles. The molecule has 2 rings (SSSR count). The van der Waals surface area contributed by atoms with Gasteiger partial charge < -0.3 is 48.9 Å². The third-order valence-corrected chi connectivity index (χ3v) is 4.38. The fourth-order valence-corrected chi connectivity index (χ4v) is 2.66. The highest BCUT2D eigenvalue weighted by Crippen LogP contribution is 2.18. The summed E-state index contributed by atoms with van der Waals surface area (Å²) in [5.74, 6) is -12.6. The molecule has 2 aromatic heterocycles. The number of aliphatic hydroxyl groups excluding tert-OH is 2. The quantitative estimate of drug-likeness (QED) is 0.0810. The van der Waals surface area contributed by atoms with Crippen molar-refractivity contribution in [2.75, 3.05) is 0 Å². The van der Waals surface area contributed by atoms with Crippen LogP contribution < -0.4 is 0 Å². The summed E-state index contributed by atoms with van der Waals surface area (Å²) in [5.41, 5.74) is -2.46. The Bertz CT molecular complexity index is 1210. The van der Waals surface area contributed by atoms with Crippen molar-refractivity contribution in [1.29, 1.82) is 0 Å². The highest BCUT2D eigenvalue weighted by atomic mass is 16.6. The lowest BCUT2D eigenvalue weighted by molar-refractivity contribution is -0.185. The number of aliphatic carboxylic acids is 4. The third-order valence-electron chi connectivity index (χ3n) is 4.38. The zero-order chi connectivity index (χ0) is 28.6. The second-order valence-corrected chi connectivity index (χ2v) is 6.98. The molecule has 0 aromatic carbocycles. The van der Waals surface area contributed by atoms with Gasteiger partial charge in [0.25, 0.3) is 0 Å². The maximum Gasteiger partial charge on any atom is 0.349 e. The van der Waals surface area contributed by atoms with Gasteiger partial charge >= 0.3 is 35.8 Å². The molecule has 2 atom stereocenters. The third kappa shape index (κ3) is 7.39. The second kappa shape index (κ2) is 12.7. The van der Waals surface area contributed by atoms with Crippen LogP contribution in [-0.4, -0.2) is 78.7 Å². The average molecular weight is 538 g/mol. The van der Waals surface area contributed by atoms with E-state index in [2.05, 4.69) is 9.47 Å². The van der Waals surface area contributed by atoms with Gasteiger partial charge in [-0.15, -0.1) is 0 Å². The smallest absolute Gasteiger partial charge is 0.349 e. The van der Waals surface area contributed by atoms with Gasteiger partial charge in [-0.25, -0.2) is 28.8 Å². The molecular formula is C22H18O16. The number of carboxylic acid groups (broad SMARTS) is 4. The van der Waals surface area contributed by atoms with Gasteiger partial charge in [0, 0.05) is 12.2 Å². The van der Waals surface area contributed by atoms with Crippen molar-refractivity contribution >= 4 is 48.0 Å². The van der Waals surface area contributed by atoms with E-state index in [1.165, 1.54) is 12.1 Å². The van der Waals surface area contributed by atoms with Crippen molar-refractivity contribution in [3.05, 3.63) is 58.5 Å². The summed E-state index contributed by atoms with van der Waals surface area (Å²) < 4.78 is 19.0. The molecule has 2 unspecified atom stereocenters. The standard InChI is InChI=1S/C22H18O16/c23-7-11-3-1-9(35-11)5-13(17(25)26)21(33)37-15(19(29)30)16(20(31)32)38-22(34)14(18(27)28)6-10-2-4-12(8-24)36-10/h1-6,15-16,23-24H,7-8H2,(H,25,26)(H,27,28)(H,29,30)(H,31,32)/b13-5+,14-6+. The first-order valence-corrected chi connectivity index (χ1v) is 10.0. The molecule has 0 saturated heterocycles. The van der Waals surface area contributed by atoms with E-state index in [0.717, 1.165) is 12.1 Å². The molecule has 6 N–H and O–H groups in total. The largest absolute Gasteiger partial charge is 0.478 e. The Morgan fingerprint density at radius 3 is 1.24 bits per heavy atom. The molecule has 16 heteroatoms. The van der Waals surface area contributed by atoms with Crippen molar-refractivity contribution in [3.63, 3.8) is 0 Å². The Morgan fingerprint density at radius 2 is 1.00 bits per heavy atom. The molecular weight excluding hydrogens is 520 g/mol. The summed E-state index contributed by atoms with van der Waals surface area (Å²) in [4.78, 5) is 71.2. The number of hydrogen-bond acceptors (Lipinski definition) is 12. The van der Waals surface area contributed by atoms with E-state index < -0.39 is 72.4 Å². The molecule has 16 nitrogen and oxygen atoms in total. The van der Waals surface area contributed by atoms with Crippen LogP contribution in [0.2, 0.25) is 0 Å². The summed E-state index contributed by atoms with van der Waals surface area (Å²) in [6, 6.07) is 4.77. The van der Waals surface area contributed by atoms with E-state index >= 15 is 0 Å². The highest BCUT2D eigenvalue weighted by Gasteiger charge is 2.42. The lowest BCUT2D eigenvalue weighted by atomic mass is 10.1. The number of hydrogen-bond donors (Lipinski definition) is 6. The van der Waals surface area contributed by atoms with Crippen LogP contribution in [0, 0.1) is 0 Å². The molecule has 0 saturated carbocycles. The van der Waals surface area contributed by atoms with Crippen LogP contribution >= 0.6 is 0 Å². The van der Waals surface area contributed by atoms with Crippen LogP contribution in [0.25, 0.3) is 12.2 Å². The first-order valence-electron chi connectivity index (χ1n) is 10.0. The van der Waals surface area contributed by atoms with Crippen molar-refractivity contribution in [3.8, 4) is 0 Å². The fourth-order valence-electron chi connectivity index (χ4n) is 2.66. The van der Waals surface area contributed by atoms with Gasteiger partial charge in [0.2, 0.25) is 12.2 Å². The lowest BCUT2D eigenvalue weighted by Crippen LogP contribution is -2.46. The predicted molar refractivity (Wildman–Crippen MR) is 116 cm³/mol. The number of carbonyl (C=O) groups excluding carboxylic acids is 2. The Balaban J connectivity index is 2.35. The second-order valence-electron chi connectivity index (χ2n) is 6.98. The molecule has 0 fully saturated rings. The van der Waals surface area contributed by atoms with Crippen LogP contribution in [0.1, 0.15) is 23.0 Å². The van der Waals surface area contributed by atoms with Gasteiger partial charge in [0.05, 0.1) is 0 Å². The van der Waals surface area contributed by atoms with E-state index in [1.807, 2.05) is 0 Å². The van der Waals surface area contributed by atoms with Gasteiger partial charge in [0.1, 0.15) is 47.4 Å². The number of carbonyl (C=O) groups is 6. The van der Waals surface area contributed by atoms with E-state index in [1.54, 1.807) is 0 Å². The Kier molecular flexibility index (Phi) is 9.66. The molecule has 0 bridgehead atoms. The molecule has 202 valence electrons. The molecule has 2 aromatic rings. The molecule has 0 aliphatic rings. The fraction of sp³-hybridized carbons (Fsp3) is 0.182. The number of rotatable bonds is 13. The Labute approximate surface area is 210 Å². The van der Waals surface area contributed by atoms with Gasteiger partial charge in [-0.1, -0.05) is 0 Å². The van der Waals surface area contributed by atoms with Gasteiger partial charge in [0.15, 0.2) is 0 Å². The summed E-state index contributed by atoms with van der Waals surface area (Å²) >= 11 is 0. The molecule has 0 aliphatic heterocycles. The summed E-state index contributed by atoms with van der Waals surface area (Å²) in [5, 5.41) is 55.4. The Hall–Kier alpha value is -5.22. The SMILES string of the molecule is O=C(O)/C(=C\c1ccc(CO)o1)C(=O)OC(C(=O)O)C(OC(=O)/C(=C/c1ccc(CO)o1)C(=O)O)C(=O)O. The van der Waals surface area contributed by atoms with Crippen LogP contribution in [0.4, 0.5) is 0 Å². The number of esters is 2.